The zero-order chi connectivity index (χ0) is 12.6. The minimum Gasteiger partial charge on any atom is -0.468 e. The topological polar surface area (TPSA) is 38.7 Å². The van der Waals surface area contributed by atoms with Gasteiger partial charge in [0.05, 0.1) is 13.2 Å². The number of benzene rings is 1. The van der Waals surface area contributed by atoms with Gasteiger partial charge in [-0.1, -0.05) is 17.9 Å². The number of aliphatic hydroxyl groups is 1. The van der Waals surface area contributed by atoms with Gasteiger partial charge >= 0.3 is 0 Å². The third-order valence-corrected chi connectivity index (χ3v) is 2.66. The smallest absolute Gasteiger partial charge is 0.189 e. The molecule has 1 aliphatic rings. The predicted octanol–water partition coefficient (Wildman–Crippen LogP) is 2.18. The molecule has 0 radical (unpaired) electrons. The van der Waals surface area contributed by atoms with E-state index in [0.29, 0.717) is 13.2 Å². The van der Waals surface area contributed by atoms with Gasteiger partial charge in [0, 0.05) is 12.0 Å². The Labute approximate surface area is 108 Å². The third kappa shape index (κ3) is 4.79. The monoisotopic (exact) mass is 246 g/mol. The van der Waals surface area contributed by atoms with E-state index in [1.165, 1.54) is 12.8 Å². The highest BCUT2D eigenvalue weighted by atomic mass is 16.7. The van der Waals surface area contributed by atoms with Crippen LogP contribution in [0.15, 0.2) is 24.3 Å². The van der Waals surface area contributed by atoms with E-state index in [-0.39, 0.29) is 6.61 Å². The summed E-state index contributed by atoms with van der Waals surface area (Å²) in [5, 5.41) is 8.65. The van der Waals surface area contributed by atoms with Gasteiger partial charge < -0.3 is 14.6 Å². The summed E-state index contributed by atoms with van der Waals surface area (Å²) in [6.45, 7) is 1.19. The first-order chi connectivity index (χ1) is 8.88. The standard InChI is InChI=1S/C15H18O3/c16-9-2-1-4-13-5-3-6-15(10-13)18-12-17-11-14-7-8-14/h3,5-6,10,14,16H,2,7-9,11-12H2. The van der Waals surface area contributed by atoms with Gasteiger partial charge in [0.2, 0.25) is 0 Å². The molecule has 0 aromatic heterocycles. The van der Waals surface area contributed by atoms with Gasteiger partial charge in [-0.15, -0.1) is 0 Å². The van der Waals surface area contributed by atoms with E-state index < -0.39 is 0 Å². The van der Waals surface area contributed by atoms with Gasteiger partial charge in [-0.2, -0.15) is 0 Å². The van der Waals surface area contributed by atoms with Crippen LogP contribution in [0.25, 0.3) is 0 Å². The molecule has 1 aromatic rings. The fraction of sp³-hybridized carbons (Fsp3) is 0.467. The Kier molecular flexibility index (Phi) is 5.07. The Morgan fingerprint density at radius 1 is 1.33 bits per heavy atom. The highest BCUT2D eigenvalue weighted by Gasteiger charge is 2.20. The molecule has 0 unspecified atom stereocenters. The van der Waals surface area contributed by atoms with E-state index in [2.05, 4.69) is 11.8 Å². The molecule has 0 aliphatic heterocycles. The maximum absolute atomic E-state index is 8.65. The molecule has 3 heteroatoms. The maximum Gasteiger partial charge on any atom is 0.189 e. The van der Waals surface area contributed by atoms with E-state index >= 15 is 0 Å². The average molecular weight is 246 g/mol. The van der Waals surface area contributed by atoms with Crippen molar-refractivity contribution in [1.82, 2.24) is 0 Å². The van der Waals surface area contributed by atoms with Crippen molar-refractivity contribution < 1.29 is 14.6 Å². The molecule has 0 saturated heterocycles. The van der Waals surface area contributed by atoms with Crippen LogP contribution in [0.3, 0.4) is 0 Å². The molecule has 1 fully saturated rings. The van der Waals surface area contributed by atoms with Crippen molar-refractivity contribution in [2.45, 2.75) is 19.3 Å². The molecule has 0 amide bonds. The van der Waals surface area contributed by atoms with Gasteiger partial charge in [0.25, 0.3) is 0 Å². The second-order valence-electron chi connectivity index (χ2n) is 4.38. The van der Waals surface area contributed by atoms with Gasteiger partial charge in [0.15, 0.2) is 6.79 Å². The van der Waals surface area contributed by atoms with E-state index in [9.17, 15) is 0 Å². The van der Waals surface area contributed by atoms with Crippen molar-refractivity contribution in [2.75, 3.05) is 20.0 Å². The first kappa shape index (κ1) is 12.9. The maximum atomic E-state index is 8.65. The summed E-state index contributed by atoms with van der Waals surface area (Å²) < 4.78 is 10.9. The van der Waals surface area contributed by atoms with Crippen LogP contribution < -0.4 is 4.74 Å². The lowest BCUT2D eigenvalue weighted by Gasteiger charge is -2.06. The molecular weight excluding hydrogens is 228 g/mol. The van der Waals surface area contributed by atoms with Crippen molar-refractivity contribution in [1.29, 1.82) is 0 Å². The van der Waals surface area contributed by atoms with Gasteiger partial charge in [-0.05, 0) is 37.0 Å². The average Bonchev–Trinajstić information content (AvgIpc) is 3.20. The normalized spacial score (nSPS) is 13.8. The van der Waals surface area contributed by atoms with Crippen LogP contribution in [0.1, 0.15) is 24.8 Å². The number of rotatable bonds is 6. The largest absolute Gasteiger partial charge is 0.468 e. The second kappa shape index (κ2) is 7.05. The number of hydrogen-bond donors (Lipinski definition) is 1. The lowest BCUT2D eigenvalue weighted by atomic mass is 10.2. The molecule has 1 N–H and O–H groups in total. The van der Waals surface area contributed by atoms with Crippen molar-refractivity contribution in [2.24, 2.45) is 5.92 Å². The minimum absolute atomic E-state index is 0.0954. The van der Waals surface area contributed by atoms with Gasteiger partial charge in [-0.25, -0.2) is 0 Å². The summed E-state index contributed by atoms with van der Waals surface area (Å²) in [7, 11) is 0. The van der Waals surface area contributed by atoms with Crippen LogP contribution in [-0.2, 0) is 4.74 Å². The zero-order valence-electron chi connectivity index (χ0n) is 10.4. The number of aliphatic hydroxyl groups excluding tert-OH is 1. The van der Waals surface area contributed by atoms with Crippen molar-refractivity contribution in [3.05, 3.63) is 29.8 Å². The molecule has 1 aliphatic carbocycles. The van der Waals surface area contributed by atoms with Crippen LogP contribution in [0, 0.1) is 17.8 Å². The third-order valence-electron chi connectivity index (χ3n) is 2.66. The SMILES string of the molecule is OCCC#Cc1cccc(OCOCC2CC2)c1. The fourth-order valence-corrected chi connectivity index (χ4v) is 1.49. The zero-order valence-corrected chi connectivity index (χ0v) is 10.4. The van der Waals surface area contributed by atoms with Crippen LogP contribution >= 0.6 is 0 Å². The van der Waals surface area contributed by atoms with Crippen molar-refractivity contribution in [3.8, 4) is 17.6 Å². The first-order valence-corrected chi connectivity index (χ1v) is 6.29. The molecule has 18 heavy (non-hydrogen) atoms. The highest BCUT2D eigenvalue weighted by Crippen LogP contribution is 2.28. The summed E-state index contributed by atoms with van der Waals surface area (Å²) in [5.41, 5.74) is 0.892. The van der Waals surface area contributed by atoms with Gasteiger partial charge in [0.1, 0.15) is 5.75 Å². The van der Waals surface area contributed by atoms with E-state index in [4.69, 9.17) is 14.6 Å². The Morgan fingerprint density at radius 2 is 2.22 bits per heavy atom. The minimum atomic E-state index is 0.0954. The van der Waals surface area contributed by atoms with E-state index in [1.54, 1.807) is 0 Å². The summed E-state index contributed by atoms with van der Waals surface area (Å²) in [6.07, 6.45) is 3.07. The van der Waals surface area contributed by atoms with E-state index in [0.717, 1.165) is 23.8 Å². The number of ether oxygens (including phenoxy) is 2. The predicted molar refractivity (Wildman–Crippen MR) is 69.2 cm³/mol. The van der Waals surface area contributed by atoms with Crippen LogP contribution in [0.4, 0.5) is 0 Å². The molecular formula is C15H18O3. The molecule has 1 aromatic carbocycles. The molecule has 1 saturated carbocycles. The quantitative estimate of drug-likeness (QED) is 0.475. The van der Waals surface area contributed by atoms with Crippen molar-refractivity contribution in [3.63, 3.8) is 0 Å². The lowest BCUT2D eigenvalue weighted by molar-refractivity contribution is 0.00997. The lowest BCUT2D eigenvalue weighted by Crippen LogP contribution is -2.05. The fourth-order valence-electron chi connectivity index (χ4n) is 1.49. The van der Waals surface area contributed by atoms with Crippen molar-refractivity contribution >= 4 is 0 Å². The molecule has 0 spiro atoms. The molecule has 2 rings (SSSR count). The van der Waals surface area contributed by atoms with Gasteiger partial charge in [-0.3, -0.25) is 0 Å². The Bertz CT molecular complexity index is 427. The summed E-state index contributed by atoms with van der Waals surface area (Å²) in [6, 6.07) is 7.59. The molecule has 0 atom stereocenters. The summed E-state index contributed by atoms with van der Waals surface area (Å²) >= 11 is 0. The Hall–Kier alpha value is -1.50. The second-order valence-corrected chi connectivity index (χ2v) is 4.38. The Morgan fingerprint density at radius 3 is 3.00 bits per heavy atom. The molecule has 3 nitrogen and oxygen atoms in total. The van der Waals surface area contributed by atoms with Crippen LogP contribution in [-0.4, -0.2) is 25.1 Å². The van der Waals surface area contributed by atoms with Crippen LogP contribution in [0.5, 0.6) is 5.75 Å². The molecule has 0 heterocycles. The van der Waals surface area contributed by atoms with E-state index in [1.807, 2.05) is 24.3 Å². The molecule has 96 valence electrons. The highest BCUT2D eigenvalue weighted by molar-refractivity contribution is 5.39. The molecule has 0 bridgehead atoms. The summed E-state index contributed by atoms with van der Waals surface area (Å²) in [4.78, 5) is 0. The Balaban J connectivity index is 1.77. The summed E-state index contributed by atoms with van der Waals surface area (Å²) in [5.74, 6) is 7.38. The first-order valence-electron chi connectivity index (χ1n) is 6.29. The van der Waals surface area contributed by atoms with Crippen LogP contribution in [0.2, 0.25) is 0 Å². The number of hydrogen-bond acceptors (Lipinski definition) is 3.